The van der Waals surface area contributed by atoms with Crippen molar-refractivity contribution < 1.29 is 19.2 Å². The molecule has 0 unspecified atom stereocenters. The standard InChI is InChI=1S/C16H14ClN3O5S/c17-10-26-14-7-3-12(4-8-14)15(21)18-19-16(22)25-9-11-1-5-13(6-2-11)20(23)24/h1-8H,9-10H2,(H,18,21)(H,19,22). The molecule has 0 aromatic heterocycles. The number of hydrogen-bond acceptors (Lipinski definition) is 6. The van der Waals surface area contributed by atoms with Gasteiger partial charge in [-0.3, -0.25) is 20.3 Å². The number of hydrogen-bond donors (Lipinski definition) is 2. The summed E-state index contributed by atoms with van der Waals surface area (Å²) in [6, 6.07) is 12.3. The van der Waals surface area contributed by atoms with E-state index < -0.39 is 16.9 Å². The van der Waals surface area contributed by atoms with E-state index in [1.54, 1.807) is 24.3 Å². The first kappa shape index (κ1) is 19.5. The molecule has 26 heavy (non-hydrogen) atoms. The van der Waals surface area contributed by atoms with Crippen molar-refractivity contribution in [3.63, 3.8) is 0 Å². The molecule has 0 bridgehead atoms. The number of ether oxygens (including phenoxy) is 1. The summed E-state index contributed by atoms with van der Waals surface area (Å²) >= 11 is 7.04. The van der Waals surface area contributed by atoms with Crippen molar-refractivity contribution in [3.05, 3.63) is 69.8 Å². The van der Waals surface area contributed by atoms with Gasteiger partial charge in [-0.05, 0) is 42.0 Å². The molecule has 0 aliphatic heterocycles. The van der Waals surface area contributed by atoms with Crippen LogP contribution < -0.4 is 10.9 Å². The third-order valence-electron chi connectivity index (χ3n) is 3.13. The van der Waals surface area contributed by atoms with Crippen LogP contribution >= 0.6 is 23.4 Å². The Kier molecular flexibility index (Phi) is 7.24. The molecule has 2 amide bonds. The summed E-state index contributed by atoms with van der Waals surface area (Å²) in [6.07, 6.45) is -0.856. The van der Waals surface area contributed by atoms with Crippen molar-refractivity contribution in [3.8, 4) is 0 Å². The number of amides is 2. The zero-order chi connectivity index (χ0) is 18.9. The SMILES string of the molecule is O=C(NNC(=O)c1ccc(SCCl)cc1)OCc1ccc([N+](=O)[O-])cc1. The first-order valence-electron chi connectivity index (χ1n) is 7.25. The molecule has 2 aromatic rings. The minimum atomic E-state index is -0.856. The number of carbonyl (C=O) groups is 2. The summed E-state index contributed by atoms with van der Waals surface area (Å²) in [4.78, 5) is 34.5. The van der Waals surface area contributed by atoms with E-state index in [-0.39, 0.29) is 12.3 Å². The molecule has 2 rings (SSSR count). The lowest BCUT2D eigenvalue weighted by Gasteiger charge is -2.09. The number of nitrogens with one attached hydrogen (secondary N) is 2. The Morgan fingerprint density at radius 2 is 1.73 bits per heavy atom. The fourth-order valence-electron chi connectivity index (χ4n) is 1.84. The molecule has 0 spiro atoms. The van der Waals surface area contributed by atoms with Crippen LogP contribution in [0.1, 0.15) is 15.9 Å². The lowest BCUT2D eigenvalue weighted by Crippen LogP contribution is -2.41. The predicted molar refractivity (Wildman–Crippen MR) is 96.9 cm³/mol. The van der Waals surface area contributed by atoms with Crippen LogP contribution in [0.5, 0.6) is 0 Å². The third kappa shape index (κ3) is 5.94. The minimum absolute atomic E-state index is 0.0547. The summed E-state index contributed by atoms with van der Waals surface area (Å²) < 4.78 is 4.91. The van der Waals surface area contributed by atoms with Crippen LogP contribution in [0.3, 0.4) is 0 Å². The molecule has 10 heteroatoms. The molecule has 0 fully saturated rings. The summed E-state index contributed by atoms with van der Waals surface area (Å²) in [5.41, 5.74) is 5.23. The van der Waals surface area contributed by atoms with E-state index in [2.05, 4.69) is 10.9 Å². The molecule has 0 saturated carbocycles. The van der Waals surface area contributed by atoms with Gasteiger partial charge in [0.25, 0.3) is 11.6 Å². The van der Waals surface area contributed by atoms with E-state index in [1.807, 2.05) is 0 Å². The Balaban J connectivity index is 1.77. The fraction of sp³-hybridized carbons (Fsp3) is 0.125. The molecular formula is C16H14ClN3O5S. The number of rotatable bonds is 6. The van der Waals surface area contributed by atoms with Crippen LogP contribution in [-0.4, -0.2) is 22.1 Å². The highest BCUT2D eigenvalue weighted by atomic mass is 35.5. The maximum atomic E-state index is 11.9. The van der Waals surface area contributed by atoms with Crippen molar-refractivity contribution in [1.82, 2.24) is 10.9 Å². The number of nitro benzene ring substituents is 1. The Morgan fingerprint density at radius 1 is 1.08 bits per heavy atom. The smallest absolute Gasteiger partial charge is 0.426 e. The van der Waals surface area contributed by atoms with Gasteiger partial charge in [-0.2, -0.15) is 0 Å². The fourth-order valence-corrected chi connectivity index (χ4v) is 2.68. The predicted octanol–water partition coefficient (Wildman–Crippen LogP) is 3.45. The Bertz CT molecular complexity index is 783. The van der Waals surface area contributed by atoms with Crippen LogP contribution in [0.4, 0.5) is 10.5 Å². The molecule has 0 radical (unpaired) electrons. The molecule has 0 heterocycles. The normalized spacial score (nSPS) is 10.0. The molecule has 8 nitrogen and oxygen atoms in total. The average Bonchev–Trinajstić information content (AvgIpc) is 2.65. The summed E-state index contributed by atoms with van der Waals surface area (Å²) in [5, 5.41) is 11.0. The number of benzene rings is 2. The zero-order valence-electron chi connectivity index (χ0n) is 13.3. The van der Waals surface area contributed by atoms with Crippen molar-refractivity contribution in [2.24, 2.45) is 0 Å². The van der Waals surface area contributed by atoms with Crippen LogP contribution in [0, 0.1) is 10.1 Å². The number of halogens is 1. The lowest BCUT2D eigenvalue weighted by atomic mass is 10.2. The van der Waals surface area contributed by atoms with E-state index in [9.17, 15) is 19.7 Å². The monoisotopic (exact) mass is 395 g/mol. The van der Waals surface area contributed by atoms with Crippen LogP contribution in [0.2, 0.25) is 0 Å². The number of thioether (sulfide) groups is 1. The first-order chi connectivity index (χ1) is 12.5. The van der Waals surface area contributed by atoms with Gasteiger partial charge in [-0.1, -0.05) is 0 Å². The second-order valence-electron chi connectivity index (χ2n) is 4.86. The van der Waals surface area contributed by atoms with Crippen molar-refractivity contribution in [1.29, 1.82) is 0 Å². The molecule has 0 aliphatic rings. The second kappa shape index (κ2) is 9.64. The average molecular weight is 396 g/mol. The highest BCUT2D eigenvalue weighted by Gasteiger charge is 2.09. The highest BCUT2D eigenvalue weighted by molar-refractivity contribution is 8.00. The van der Waals surface area contributed by atoms with Gasteiger partial charge in [-0.25, -0.2) is 10.2 Å². The van der Waals surface area contributed by atoms with Gasteiger partial charge < -0.3 is 4.74 Å². The van der Waals surface area contributed by atoms with Gasteiger partial charge in [0.15, 0.2) is 0 Å². The van der Waals surface area contributed by atoms with Crippen molar-refractivity contribution >= 4 is 41.1 Å². The Hall–Kier alpha value is -2.78. The molecular weight excluding hydrogens is 382 g/mol. The van der Waals surface area contributed by atoms with E-state index in [0.29, 0.717) is 16.3 Å². The second-order valence-corrected chi connectivity index (χ2v) is 6.49. The van der Waals surface area contributed by atoms with Crippen molar-refractivity contribution in [2.75, 3.05) is 5.21 Å². The highest BCUT2D eigenvalue weighted by Crippen LogP contribution is 2.19. The Morgan fingerprint density at radius 3 is 2.31 bits per heavy atom. The Labute approximate surface area is 158 Å². The van der Waals surface area contributed by atoms with Gasteiger partial charge in [0.2, 0.25) is 0 Å². The number of nitrogens with zero attached hydrogens (tertiary/aromatic N) is 1. The number of nitro groups is 1. The molecule has 2 aromatic carbocycles. The van der Waals surface area contributed by atoms with E-state index in [1.165, 1.54) is 36.0 Å². The topological polar surface area (TPSA) is 111 Å². The molecule has 0 saturated heterocycles. The number of non-ortho nitro benzene ring substituents is 1. The quantitative estimate of drug-likeness (QED) is 0.335. The van der Waals surface area contributed by atoms with E-state index in [4.69, 9.17) is 16.3 Å². The first-order valence-corrected chi connectivity index (χ1v) is 8.77. The van der Waals surface area contributed by atoms with Gasteiger partial charge in [0.05, 0.1) is 10.1 Å². The third-order valence-corrected chi connectivity index (χ3v) is 4.17. The van der Waals surface area contributed by atoms with Crippen molar-refractivity contribution in [2.45, 2.75) is 11.5 Å². The van der Waals surface area contributed by atoms with Crippen LogP contribution in [0.15, 0.2) is 53.4 Å². The van der Waals surface area contributed by atoms with E-state index >= 15 is 0 Å². The van der Waals surface area contributed by atoms with E-state index in [0.717, 1.165) is 4.90 Å². The van der Waals surface area contributed by atoms with Gasteiger partial charge in [0, 0.05) is 22.6 Å². The van der Waals surface area contributed by atoms with Gasteiger partial charge >= 0.3 is 6.09 Å². The minimum Gasteiger partial charge on any atom is -0.443 e. The molecule has 2 N–H and O–H groups in total. The van der Waals surface area contributed by atoms with Crippen LogP contribution in [0.25, 0.3) is 0 Å². The largest absolute Gasteiger partial charge is 0.443 e. The maximum Gasteiger partial charge on any atom is 0.426 e. The molecule has 136 valence electrons. The molecule has 0 aliphatic carbocycles. The lowest BCUT2D eigenvalue weighted by molar-refractivity contribution is -0.384. The van der Waals surface area contributed by atoms with Gasteiger partial charge in [0.1, 0.15) is 6.61 Å². The number of alkyl halides is 1. The summed E-state index contributed by atoms with van der Waals surface area (Å²) in [6.45, 7) is -0.0932. The summed E-state index contributed by atoms with van der Waals surface area (Å²) in [7, 11) is 0. The number of carbonyl (C=O) groups excluding carboxylic acids is 2. The maximum absolute atomic E-state index is 11.9. The number of hydrazine groups is 1. The molecule has 0 atom stereocenters. The summed E-state index contributed by atoms with van der Waals surface area (Å²) in [5.74, 6) is -0.500. The van der Waals surface area contributed by atoms with Crippen LogP contribution in [-0.2, 0) is 11.3 Å². The zero-order valence-corrected chi connectivity index (χ0v) is 14.9. The van der Waals surface area contributed by atoms with Gasteiger partial charge in [-0.15, -0.1) is 23.4 Å².